The van der Waals surface area contributed by atoms with E-state index in [0.717, 1.165) is 11.1 Å². The molecule has 3 aromatic heterocycles. The normalized spacial score (nSPS) is 11.0. The second-order valence-electron chi connectivity index (χ2n) is 5.81. The van der Waals surface area contributed by atoms with Crippen molar-refractivity contribution in [3.8, 4) is 11.5 Å². The third-order valence-electron chi connectivity index (χ3n) is 4.17. The maximum atomic E-state index is 15.5. The minimum atomic E-state index is -0.410. The summed E-state index contributed by atoms with van der Waals surface area (Å²) < 4.78 is 21.1. The van der Waals surface area contributed by atoms with Crippen LogP contribution in [0.1, 0.15) is 5.76 Å². The predicted molar refractivity (Wildman–Crippen MR) is 96.4 cm³/mol. The molecule has 4 aromatic rings. The van der Waals surface area contributed by atoms with Gasteiger partial charge in [-0.05, 0) is 37.3 Å². The van der Waals surface area contributed by atoms with Crippen molar-refractivity contribution in [1.29, 1.82) is 0 Å². The minimum absolute atomic E-state index is 0.211. The summed E-state index contributed by atoms with van der Waals surface area (Å²) in [5.41, 5.74) is 2.22. The van der Waals surface area contributed by atoms with Crippen LogP contribution in [-0.2, 0) is 0 Å². The molecule has 0 saturated carbocycles. The molecule has 0 saturated heterocycles. The third kappa shape index (κ3) is 2.63. The number of fused-ring (bicyclic) bond motifs is 1. The quantitative estimate of drug-likeness (QED) is 0.523. The number of para-hydroxylation sites is 1. The van der Waals surface area contributed by atoms with E-state index in [4.69, 9.17) is 4.42 Å². The van der Waals surface area contributed by atoms with Gasteiger partial charge in [0.15, 0.2) is 11.6 Å². The Balaban J connectivity index is 2.00. The number of aromatic nitrogens is 2. The molecule has 0 fully saturated rings. The van der Waals surface area contributed by atoms with Gasteiger partial charge in [0.25, 0.3) is 0 Å². The summed E-state index contributed by atoms with van der Waals surface area (Å²) >= 11 is 0. The molecule has 0 aliphatic rings. The second-order valence-corrected chi connectivity index (χ2v) is 5.81. The van der Waals surface area contributed by atoms with Crippen molar-refractivity contribution in [2.24, 2.45) is 0 Å². The van der Waals surface area contributed by atoms with Crippen LogP contribution in [0.5, 0.6) is 0 Å². The highest BCUT2D eigenvalue weighted by molar-refractivity contribution is 5.96. The number of pyridine rings is 2. The molecular formula is C20H16FN3O. The maximum absolute atomic E-state index is 15.5. The zero-order valence-corrected chi connectivity index (χ0v) is 13.9. The molecule has 1 aromatic carbocycles. The zero-order valence-electron chi connectivity index (χ0n) is 13.9. The topological polar surface area (TPSA) is 42.2 Å². The molecule has 0 amide bonds. The summed E-state index contributed by atoms with van der Waals surface area (Å²) in [4.78, 5) is 10.3. The Hall–Kier alpha value is -3.21. The number of furan rings is 1. The molecule has 3 heterocycles. The highest BCUT2D eigenvalue weighted by Crippen LogP contribution is 2.37. The molecule has 0 bridgehead atoms. The van der Waals surface area contributed by atoms with Crippen LogP contribution in [0.2, 0.25) is 0 Å². The van der Waals surface area contributed by atoms with E-state index >= 15 is 4.39 Å². The lowest BCUT2D eigenvalue weighted by Crippen LogP contribution is -2.13. The van der Waals surface area contributed by atoms with E-state index in [1.165, 1.54) is 0 Å². The monoisotopic (exact) mass is 333 g/mol. The molecule has 0 unspecified atom stereocenters. The average molecular weight is 333 g/mol. The van der Waals surface area contributed by atoms with Crippen LogP contribution in [0.3, 0.4) is 0 Å². The van der Waals surface area contributed by atoms with E-state index < -0.39 is 5.82 Å². The van der Waals surface area contributed by atoms with Crippen molar-refractivity contribution in [3.63, 3.8) is 0 Å². The van der Waals surface area contributed by atoms with Gasteiger partial charge in [0, 0.05) is 30.5 Å². The molecule has 0 atom stereocenters. The fraction of sp³-hybridized carbons (Fsp3) is 0.100. The van der Waals surface area contributed by atoms with Crippen LogP contribution in [0.15, 0.2) is 65.3 Å². The largest absolute Gasteiger partial charge is 0.460 e. The van der Waals surface area contributed by atoms with Gasteiger partial charge in [0.2, 0.25) is 0 Å². The first-order valence-electron chi connectivity index (χ1n) is 7.94. The molecule has 0 aliphatic heterocycles. The third-order valence-corrected chi connectivity index (χ3v) is 4.17. The molecule has 4 rings (SSSR count). The van der Waals surface area contributed by atoms with E-state index in [2.05, 4.69) is 9.97 Å². The van der Waals surface area contributed by atoms with Gasteiger partial charge in [-0.1, -0.05) is 18.2 Å². The fourth-order valence-corrected chi connectivity index (χ4v) is 2.92. The SMILES string of the molecule is Cc1ccc(-c2nc3ccccc3c(N(C)c3ccncc3)c2F)o1. The van der Waals surface area contributed by atoms with Crippen LogP contribution >= 0.6 is 0 Å². The van der Waals surface area contributed by atoms with E-state index in [9.17, 15) is 0 Å². The highest BCUT2D eigenvalue weighted by atomic mass is 19.1. The van der Waals surface area contributed by atoms with Crippen molar-refractivity contribution in [3.05, 3.63) is 72.5 Å². The Morgan fingerprint density at radius 1 is 1.00 bits per heavy atom. The van der Waals surface area contributed by atoms with E-state index in [1.54, 1.807) is 29.4 Å². The first-order chi connectivity index (χ1) is 12.1. The number of hydrogen-bond acceptors (Lipinski definition) is 4. The van der Waals surface area contributed by atoms with Crippen molar-refractivity contribution in [2.45, 2.75) is 6.92 Å². The molecule has 5 heteroatoms. The lowest BCUT2D eigenvalue weighted by atomic mass is 10.1. The summed E-state index contributed by atoms with van der Waals surface area (Å²) in [5, 5.41) is 0.742. The Labute approximate surface area is 144 Å². The number of aryl methyl sites for hydroxylation is 1. The van der Waals surface area contributed by atoms with Crippen molar-refractivity contribution >= 4 is 22.3 Å². The van der Waals surface area contributed by atoms with Crippen molar-refractivity contribution in [1.82, 2.24) is 9.97 Å². The summed E-state index contributed by atoms with van der Waals surface area (Å²) in [5.74, 6) is 0.728. The molecule has 0 radical (unpaired) electrons. The van der Waals surface area contributed by atoms with E-state index in [0.29, 0.717) is 22.7 Å². The first-order valence-corrected chi connectivity index (χ1v) is 7.94. The summed E-state index contributed by atoms with van der Waals surface area (Å²) in [6.07, 6.45) is 3.37. The van der Waals surface area contributed by atoms with Gasteiger partial charge < -0.3 is 9.32 Å². The smallest absolute Gasteiger partial charge is 0.176 e. The number of nitrogens with zero attached hydrogens (tertiary/aromatic N) is 3. The Morgan fingerprint density at radius 2 is 1.76 bits per heavy atom. The number of halogens is 1. The highest BCUT2D eigenvalue weighted by Gasteiger charge is 2.21. The van der Waals surface area contributed by atoms with Crippen LogP contribution in [0, 0.1) is 12.7 Å². The minimum Gasteiger partial charge on any atom is -0.460 e. The van der Waals surface area contributed by atoms with E-state index in [1.807, 2.05) is 50.4 Å². The van der Waals surface area contributed by atoms with Gasteiger partial charge in [-0.15, -0.1) is 0 Å². The number of rotatable bonds is 3. The van der Waals surface area contributed by atoms with Crippen LogP contribution < -0.4 is 4.90 Å². The van der Waals surface area contributed by atoms with Gasteiger partial charge in [-0.25, -0.2) is 9.37 Å². The van der Waals surface area contributed by atoms with Gasteiger partial charge >= 0.3 is 0 Å². The Kier molecular flexibility index (Phi) is 3.69. The second kappa shape index (κ2) is 6.02. The van der Waals surface area contributed by atoms with Crippen LogP contribution in [0.25, 0.3) is 22.4 Å². The Bertz CT molecular complexity index is 1040. The standard InChI is InChI=1S/C20H16FN3O/c1-13-7-8-17(25-13)19-18(21)20(15-5-3-4-6-16(15)23-19)24(2)14-9-11-22-12-10-14/h3-12H,1-2H3. The Morgan fingerprint density at radius 3 is 2.48 bits per heavy atom. The summed E-state index contributed by atoms with van der Waals surface area (Å²) in [7, 11) is 1.83. The van der Waals surface area contributed by atoms with Gasteiger partial charge in [-0.2, -0.15) is 0 Å². The van der Waals surface area contributed by atoms with Crippen LogP contribution in [0.4, 0.5) is 15.8 Å². The molecule has 124 valence electrons. The molecule has 0 N–H and O–H groups in total. The van der Waals surface area contributed by atoms with Crippen LogP contribution in [-0.4, -0.2) is 17.0 Å². The average Bonchev–Trinajstić information content (AvgIpc) is 3.07. The predicted octanol–water partition coefficient (Wildman–Crippen LogP) is 5.11. The first kappa shape index (κ1) is 15.3. The lowest BCUT2D eigenvalue weighted by molar-refractivity contribution is 0.538. The van der Waals surface area contributed by atoms with Gasteiger partial charge in [-0.3, -0.25) is 4.98 Å². The molecule has 4 nitrogen and oxygen atoms in total. The molecule has 25 heavy (non-hydrogen) atoms. The number of benzene rings is 1. The zero-order chi connectivity index (χ0) is 17.4. The maximum Gasteiger partial charge on any atom is 0.176 e. The summed E-state index contributed by atoms with van der Waals surface area (Å²) in [6.45, 7) is 1.83. The molecular weight excluding hydrogens is 317 g/mol. The van der Waals surface area contributed by atoms with Crippen molar-refractivity contribution < 1.29 is 8.81 Å². The van der Waals surface area contributed by atoms with E-state index in [-0.39, 0.29) is 5.69 Å². The molecule has 0 spiro atoms. The fourth-order valence-electron chi connectivity index (χ4n) is 2.92. The number of anilines is 2. The summed E-state index contributed by atoms with van der Waals surface area (Å²) in [6, 6.07) is 14.7. The molecule has 0 aliphatic carbocycles. The van der Waals surface area contributed by atoms with Gasteiger partial charge in [0.1, 0.15) is 11.5 Å². The van der Waals surface area contributed by atoms with Crippen molar-refractivity contribution in [2.75, 3.05) is 11.9 Å². The lowest BCUT2D eigenvalue weighted by Gasteiger charge is -2.22. The number of hydrogen-bond donors (Lipinski definition) is 0. The van der Waals surface area contributed by atoms with Gasteiger partial charge in [0.05, 0.1) is 11.2 Å².